The molecule has 0 radical (unpaired) electrons. The Labute approximate surface area is 118 Å². The van der Waals surface area contributed by atoms with Crippen LogP contribution in [0.3, 0.4) is 0 Å². The van der Waals surface area contributed by atoms with Gasteiger partial charge in [0.05, 0.1) is 18.1 Å². The Hall–Kier alpha value is -1.53. The molecule has 20 heavy (non-hydrogen) atoms. The van der Waals surface area contributed by atoms with Crippen LogP contribution in [0.5, 0.6) is 0 Å². The van der Waals surface area contributed by atoms with Gasteiger partial charge in [-0.2, -0.15) is 0 Å². The van der Waals surface area contributed by atoms with E-state index in [4.69, 9.17) is 4.74 Å². The van der Waals surface area contributed by atoms with Gasteiger partial charge in [-0.25, -0.2) is 13.4 Å². The third kappa shape index (κ3) is 3.98. The molecule has 1 aliphatic rings. The van der Waals surface area contributed by atoms with E-state index in [2.05, 4.69) is 4.99 Å². The summed E-state index contributed by atoms with van der Waals surface area (Å²) in [5, 5.41) is 0. The second-order valence-electron chi connectivity index (χ2n) is 4.76. The highest BCUT2D eigenvalue weighted by Gasteiger charge is 2.19. The van der Waals surface area contributed by atoms with E-state index in [1.165, 1.54) is 12.1 Å². The van der Waals surface area contributed by atoms with Crippen molar-refractivity contribution in [3.63, 3.8) is 0 Å². The molecule has 5 nitrogen and oxygen atoms in total. The van der Waals surface area contributed by atoms with Gasteiger partial charge in [0.15, 0.2) is 9.84 Å². The second kappa shape index (κ2) is 6.28. The van der Waals surface area contributed by atoms with Crippen molar-refractivity contribution in [2.24, 2.45) is 4.99 Å². The smallest absolute Gasteiger partial charge is 0.261 e. The summed E-state index contributed by atoms with van der Waals surface area (Å²) >= 11 is 0. The van der Waals surface area contributed by atoms with Gasteiger partial charge in [-0.1, -0.05) is 17.7 Å². The van der Waals surface area contributed by atoms with E-state index >= 15 is 0 Å². The quantitative estimate of drug-likeness (QED) is 0.848. The van der Waals surface area contributed by atoms with Gasteiger partial charge in [-0.15, -0.1) is 0 Å². The maximum atomic E-state index is 12.1. The zero-order chi connectivity index (χ0) is 14.6. The summed E-state index contributed by atoms with van der Waals surface area (Å²) in [6.45, 7) is 2.95. The van der Waals surface area contributed by atoms with Gasteiger partial charge in [-0.3, -0.25) is 4.79 Å². The van der Waals surface area contributed by atoms with Crippen LogP contribution in [0.15, 0.2) is 34.2 Å². The number of ether oxygens (including phenoxy) is 1. The zero-order valence-corrected chi connectivity index (χ0v) is 12.1. The lowest BCUT2D eigenvalue weighted by Crippen LogP contribution is -2.20. The van der Waals surface area contributed by atoms with E-state index in [-0.39, 0.29) is 4.90 Å². The molecule has 0 aliphatic carbocycles. The Balaban J connectivity index is 2.08. The highest BCUT2D eigenvalue weighted by Crippen LogP contribution is 2.13. The Kier molecular flexibility index (Phi) is 4.67. The highest BCUT2D eigenvalue weighted by molar-refractivity contribution is 7.92. The first-order valence-electron chi connectivity index (χ1n) is 6.44. The van der Waals surface area contributed by atoms with Gasteiger partial charge in [0.25, 0.3) is 5.91 Å². The molecule has 2 rings (SSSR count). The Morgan fingerprint density at radius 2 is 1.80 bits per heavy atom. The molecule has 108 valence electrons. The summed E-state index contributed by atoms with van der Waals surface area (Å²) in [6, 6.07) is 6.45. The van der Waals surface area contributed by atoms with Crippen molar-refractivity contribution >= 4 is 21.5 Å². The van der Waals surface area contributed by atoms with Gasteiger partial charge in [-0.05, 0) is 19.1 Å². The first-order valence-corrected chi connectivity index (χ1v) is 8.09. The van der Waals surface area contributed by atoms with Crippen molar-refractivity contribution in [2.75, 3.05) is 19.0 Å². The van der Waals surface area contributed by atoms with Crippen LogP contribution in [0.1, 0.15) is 18.4 Å². The third-order valence-electron chi connectivity index (χ3n) is 3.05. The number of benzene rings is 1. The van der Waals surface area contributed by atoms with Crippen molar-refractivity contribution < 1.29 is 17.9 Å². The van der Waals surface area contributed by atoms with Crippen molar-refractivity contribution in [2.45, 2.75) is 24.7 Å². The van der Waals surface area contributed by atoms with Crippen molar-refractivity contribution in [1.82, 2.24) is 0 Å². The number of carbonyl (C=O) groups is 1. The molecule has 0 N–H and O–H groups in total. The molecule has 1 aromatic rings. The number of sulfone groups is 1. The van der Waals surface area contributed by atoms with Crippen LogP contribution in [-0.2, 0) is 19.4 Å². The molecule has 0 unspecified atom stereocenters. The summed E-state index contributed by atoms with van der Waals surface area (Å²) in [5.41, 5.74) is 1.69. The van der Waals surface area contributed by atoms with E-state index < -0.39 is 21.5 Å². The van der Waals surface area contributed by atoms with E-state index in [1.54, 1.807) is 12.1 Å². The topological polar surface area (TPSA) is 72.8 Å². The normalized spacial score (nSPS) is 15.9. The number of aryl methyl sites for hydroxylation is 1. The minimum Gasteiger partial charge on any atom is -0.381 e. The van der Waals surface area contributed by atoms with Crippen LogP contribution in [-0.4, -0.2) is 39.0 Å². The second-order valence-corrected chi connectivity index (χ2v) is 6.75. The number of nitrogens with zero attached hydrogens (tertiary/aromatic N) is 1. The lowest BCUT2D eigenvalue weighted by Gasteiger charge is -2.12. The van der Waals surface area contributed by atoms with Crippen molar-refractivity contribution in [1.29, 1.82) is 0 Å². The Morgan fingerprint density at radius 1 is 1.20 bits per heavy atom. The van der Waals surface area contributed by atoms with Crippen LogP contribution >= 0.6 is 0 Å². The van der Waals surface area contributed by atoms with E-state index in [0.29, 0.717) is 26.1 Å². The number of hydrogen-bond acceptors (Lipinski definition) is 4. The molecule has 1 heterocycles. The number of amides is 1. The summed E-state index contributed by atoms with van der Waals surface area (Å²) in [7, 11) is -3.61. The highest BCUT2D eigenvalue weighted by atomic mass is 32.2. The average Bonchev–Trinajstić information content (AvgIpc) is 2.39. The van der Waals surface area contributed by atoms with Gasteiger partial charge in [0.2, 0.25) is 0 Å². The van der Waals surface area contributed by atoms with E-state index in [0.717, 1.165) is 11.3 Å². The molecule has 0 aromatic heterocycles. The fourth-order valence-corrected chi connectivity index (χ4v) is 3.03. The monoisotopic (exact) mass is 295 g/mol. The predicted molar refractivity (Wildman–Crippen MR) is 75.7 cm³/mol. The molecule has 1 aromatic carbocycles. The van der Waals surface area contributed by atoms with Crippen molar-refractivity contribution in [3.8, 4) is 0 Å². The van der Waals surface area contributed by atoms with Gasteiger partial charge in [0, 0.05) is 18.6 Å². The SMILES string of the molecule is Cc1ccc(S(=O)(=O)CC(=O)N=C2CCOCC2)cc1. The molecule has 0 bridgehead atoms. The molecule has 6 heteroatoms. The van der Waals surface area contributed by atoms with Crippen LogP contribution in [0, 0.1) is 6.92 Å². The third-order valence-corrected chi connectivity index (χ3v) is 4.66. The summed E-state index contributed by atoms with van der Waals surface area (Å²) < 4.78 is 29.3. The van der Waals surface area contributed by atoms with Crippen LogP contribution < -0.4 is 0 Å². The minimum absolute atomic E-state index is 0.156. The number of rotatable bonds is 3. The largest absolute Gasteiger partial charge is 0.381 e. The summed E-state index contributed by atoms with van der Waals surface area (Å²) in [5.74, 6) is -1.19. The van der Waals surface area contributed by atoms with E-state index in [9.17, 15) is 13.2 Å². The molecule has 0 atom stereocenters. The molecular weight excluding hydrogens is 278 g/mol. The Bertz CT molecular complexity index is 609. The molecule has 1 fully saturated rings. The molecule has 1 amide bonds. The fourth-order valence-electron chi connectivity index (χ4n) is 1.92. The summed E-state index contributed by atoms with van der Waals surface area (Å²) in [4.78, 5) is 15.8. The van der Waals surface area contributed by atoms with Crippen LogP contribution in [0.25, 0.3) is 0 Å². The maximum Gasteiger partial charge on any atom is 0.261 e. The van der Waals surface area contributed by atoms with Gasteiger partial charge < -0.3 is 4.74 Å². The van der Waals surface area contributed by atoms with Crippen molar-refractivity contribution in [3.05, 3.63) is 29.8 Å². The molecule has 1 saturated heterocycles. The number of aliphatic imine (C=N–C) groups is 1. The van der Waals surface area contributed by atoms with Crippen LogP contribution in [0.2, 0.25) is 0 Å². The molecule has 0 saturated carbocycles. The number of carbonyl (C=O) groups excluding carboxylic acids is 1. The van der Waals surface area contributed by atoms with Gasteiger partial charge >= 0.3 is 0 Å². The molecule has 0 spiro atoms. The Morgan fingerprint density at radius 3 is 2.40 bits per heavy atom. The zero-order valence-electron chi connectivity index (χ0n) is 11.3. The average molecular weight is 295 g/mol. The maximum absolute atomic E-state index is 12.1. The number of hydrogen-bond donors (Lipinski definition) is 0. The predicted octanol–water partition coefficient (Wildman–Crippen LogP) is 1.55. The lowest BCUT2D eigenvalue weighted by molar-refractivity contribution is -0.115. The standard InChI is InChI=1S/C14H17NO4S/c1-11-2-4-13(5-3-11)20(17,18)10-14(16)15-12-6-8-19-9-7-12/h2-5H,6-10H2,1H3. The van der Waals surface area contributed by atoms with Crippen LogP contribution in [0.4, 0.5) is 0 Å². The summed E-state index contributed by atoms with van der Waals surface area (Å²) in [6.07, 6.45) is 1.19. The molecule has 1 aliphatic heterocycles. The molecular formula is C14H17NO4S. The fraction of sp³-hybridized carbons (Fsp3) is 0.429. The first kappa shape index (κ1) is 14.9. The van der Waals surface area contributed by atoms with Gasteiger partial charge in [0.1, 0.15) is 5.75 Å². The first-order chi connectivity index (χ1) is 9.47. The lowest BCUT2D eigenvalue weighted by atomic mass is 10.2. The minimum atomic E-state index is -3.61. The van der Waals surface area contributed by atoms with E-state index in [1.807, 2.05) is 6.92 Å².